The average Bonchev–Trinajstić information content (AvgIpc) is 3.22. The summed E-state index contributed by atoms with van der Waals surface area (Å²) in [6.07, 6.45) is 3.14. The molecule has 168 valence electrons. The lowest BCUT2D eigenvalue weighted by Crippen LogP contribution is -2.43. The highest BCUT2D eigenvalue weighted by atomic mass is 16.5. The van der Waals surface area contributed by atoms with Gasteiger partial charge in [0.15, 0.2) is 11.5 Å². The molecule has 1 fully saturated rings. The summed E-state index contributed by atoms with van der Waals surface area (Å²) in [6.45, 7) is 11.8. The number of likely N-dealkylation sites (tertiary alicyclic amines) is 1. The lowest BCUT2D eigenvalue weighted by atomic mass is 9.81. The molecule has 1 heterocycles. The summed E-state index contributed by atoms with van der Waals surface area (Å²) in [4.78, 5) is 18.0. The van der Waals surface area contributed by atoms with Gasteiger partial charge in [-0.2, -0.15) is 0 Å². The van der Waals surface area contributed by atoms with Gasteiger partial charge in [-0.05, 0) is 36.2 Å². The van der Waals surface area contributed by atoms with Crippen LogP contribution in [0.2, 0.25) is 0 Å². The Morgan fingerprint density at radius 1 is 1.12 bits per heavy atom. The number of methoxy groups -OCH3 is 1. The first-order chi connectivity index (χ1) is 15.6. The standard InChI is InChI=1S/C26H30N2O4/c1-4-31-25(29)18-28-13-11-26(27-2,12-14-28)21-9-10-23(30-3)24(17-21)32-22-15-19-7-5-6-8-20(19)16-22/h5-10,17,22H,4,11-16,18H2,1,3H3. The molecule has 0 atom stereocenters. The van der Waals surface area contributed by atoms with Crippen LogP contribution in [0.4, 0.5) is 0 Å². The van der Waals surface area contributed by atoms with Crippen LogP contribution in [-0.2, 0) is 27.9 Å². The van der Waals surface area contributed by atoms with Crippen LogP contribution >= 0.6 is 0 Å². The van der Waals surface area contributed by atoms with Crippen molar-refractivity contribution in [3.8, 4) is 11.5 Å². The lowest BCUT2D eigenvalue weighted by molar-refractivity contribution is -0.144. The molecule has 0 saturated carbocycles. The van der Waals surface area contributed by atoms with Crippen LogP contribution in [-0.4, -0.2) is 50.3 Å². The summed E-state index contributed by atoms with van der Waals surface area (Å²) in [5, 5.41) is 0. The molecule has 0 spiro atoms. The zero-order valence-corrected chi connectivity index (χ0v) is 18.8. The van der Waals surface area contributed by atoms with E-state index in [2.05, 4.69) is 34.0 Å². The van der Waals surface area contributed by atoms with Gasteiger partial charge in [0.2, 0.25) is 0 Å². The highest BCUT2D eigenvalue weighted by Crippen LogP contribution is 2.41. The summed E-state index contributed by atoms with van der Waals surface area (Å²) in [5.74, 6) is 1.17. The van der Waals surface area contributed by atoms with Crippen LogP contribution < -0.4 is 9.47 Å². The highest BCUT2D eigenvalue weighted by Gasteiger charge is 2.43. The molecule has 0 N–H and O–H groups in total. The molecule has 4 rings (SSSR count). The monoisotopic (exact) mass is 434 g/mol. The quantitative estimate of drug-likeness (QED) is 0.487. The first kappa shape index (κ1) is 22.2. The van der Waals surface area contributed by atoms with Gasteiger partial charge in [0.25, 0.3) is 5.54 Å². The van der Waals surface area contributed by atoms with E-state index in [1.807, 2.05) is 25.1 Å². The van der Waals surface area contributed by atoms with Crippen molar-refractivity contribution >= 4 is 5.97 Å². The van der Waals surface area contributed by atoms with Gasteiger partial charge in [-0.25, -0.2) is 6.57 Å². The van der Waals surface area contributed by atoms with Crippen molar-refractivity contribution in [3.05, 3.63) is 70.6 Å². The maximum absolute atomic E-state index is 11.8. The van der Waals surface area contributed by atoms with Crippen molar-refractivity contribution in [3.63, 3.8) is 0 Å². The number of hydrogen-bond acceptors (Lipinski definition) is 5. The van der Waals surface area contributed by atoms with Crippen molar-refractivity contribution in [2.24, 2.45) is 0 Å². The summed E-state index contributed by atoms with van der Waals surface area (Å²) in [6, 6.07) is 14.3. The first-order valence-electron chi connectivity index (χ1n) is 11.3. The fourth-order valence-corrected chi connectivity index (χ4v) is 4.77. The third kappa shape index (κ3) is 4.58. The van der Waals surface area contributed by atoms with Crippen LogP contribution in [0.25, 0.3) is 4.85 Å². The molecule has 0 aromatic heterocycles. The number of ether oxygens (including phenoxy) is 3. The number of carbonyl (C=O) groups is 1. The molecule has 0 unspecified atom stereocenters. The van der Waals surface area contributed by atoms with Crippen molar-refractivity contribution in [2.75, 3.05) is 33.4 Å². The van der Waals surface area contributed by atoms with E-state index < -0.39 is 5.54 Å². The Morgan fingerprint density at radius 3 is 2.41 bits per heavy atom. The van der Waals surface area contributed by atoms with Crippen molar-refractivity contribution in [1.29, 1.82) is 0 Å². The van der Waals surface area contributed by atoms with E-state index in [1.54, 1.807) is 7.11 Å². The first-order valence-corrected chi connectivity index (χ1v) is 11.3. The predicted octanol–water partition coefficient (Wildman–Crippen LogP) is 4.01. The maximum atomic E-state index is 11.8. The number of piperidine rings is 1. The van der Waals surface area contributed by atoms with Gasteiger partial charge in [-0.1, -0.05) is 24.3 Å². The van der Waals surface area contributed by atoms with Gasteiger partial charge >= 0.3 is 5.97 Å². The molecule has 1 saturated heterocycles. The topological polar surface area (TPSA) is 52.4 Å². The van der Waals surface area contributed by atoms with Crippen molar-refractivity contribution in [2.45, 2.75) is 44.2 Å². The van der Waals surface area contributed by atoms with Crippen molar-refractivity contribution in [1.82, 2.24) is 4.90 Å². The Kier molecular flexibility index (Phi) is 6.66. The Morgan fingerprint density at radius 2 is 1.81 bits per heavy atom. The SMILES string of the molecule is [C-]#[N+]C1(c2ccc(OC)c(OC3Cc4ccccc4C3)c2)CCN(CC(=O)OCC)CC1. The Balaban J connectivity index is 1.49. The molecule has 2 aliphatic rings. The van der Waals surface area contributed by atoms with Crippen LogP contribution in [0.1, 0.15) is 36.5 Å². The highest BCUT2D eigenvalue weighted by molar-refractivity contribution is 5.71. The summed E-state index contributed by atoms with van der Waals surface area (Å²) in [5.41, 5.74) is 3.00. The molecule has 2 aromatic carbocycles. The molecule has 1 aliphatic carbocycles. The zero-order chi connectivity index (χ0) is 22.6. The van der Waals surface area contributed by atoms with E-state index in [1.165, 1.54) is 11.1 Å². The summed E-state index contributed by atoms with van der Waals surface area (Å²) < 4.78 is 17.0. The second-order valence-electron chi connectivity index (χ2n) is 8.51. The third-order valence-corrected chi connectivity index (χ3v) is 6.56. The molecule has 0 radical (unpaired) electrons. The number of carbonyl (C=O) groups excluding carboxylic acids is 1. The van der Waals surface area contributed by atoms with Crippen LogP contribution in [0, 0.1) is 6.57 Å². The van der Waals surface area contributed by atoms with Crippen LogP contribution in [0.15, 0.2) is 42.5 Å². The fourth-order valence-electron chi connectivity index (χ4n) is 4.77. The summed E-state index contributed by atoms with van der Waals surface area (Å²) >= 11 is 0. The minimum absolute atomic E-state index is 0.0619. The summed E-state index contributed by atoms with van der Waals surface area (Å²) in [7, 11) is 1.64. The van der Waals surface area contributed by atoms with Gasteiger partial charge in [0.1, 0.15) is 6.10 Å². The van der Waals surface area contributed by atoms with E-state index >= 15 is 0 Å². The van der Waals surface area contributed by atoms with Crippen molar-refractivity contribution < 1.29 is 19.0 Å². The predicted molar refractivity (Wildman–Crippen MR) is 122 cm³/mol. The second kappa shape index (κ2) is 9.62. The van der Waals surface area contributed by atoms with E-state index in [0.29, 0.717) is 44.0 Å². The zero-order valence-electron chi connectivity index (χ0n) is 18.8. The molecule has 2 aromatic rings. The van der Waals surface area contributed by atoms with E-state index in [4.69, 9.17) is 20.8 Å². The normalized spacial score (nSPS) is 17.9. The Hall–Kier alpha value is -3.04. The van der Waals surface area contributed by atoms with Crippen LogP contribution in [0.3, 0.4) is 0 Å². The minimum Gasteiger partial charge on any atom is -0.493 e. The largest absolute Gasteiger partial charge is 0.493 e. The third-order valence-electron chi connectivity index (χ3n) is 6.56. The van der Waals surface area contributed by atoms with Gasteiger partial charge in [-0.3, -0.25) is 9.69 Å². The number of benzene rings is 2. The lowest BCUT2D eigenvalue weighted by Gasteiger charge is -2.33. The molecular weight excluding hydrogens is 404 g/mol. The molecule has 1 aliphatic heterocycles. The molecule has 6 heteroatoms. The van der Waals surface area contributed by atoms with E-state index in [-0.39, 0.29) is 18.6 Å². The molecule has 32 heavy (non-hydrogen) atoms. The van der Waals surface area contributed by atoms with Gasteiger partial charge in [-0.15, -0.1) is 0 Å². The Bertz CT molecular complexity index is 980. The van der Waals surface area contributed by atoms with Crippen LogP contribution in [0.5, 0.6) is 11.5 Å². The van der Waals surface area contributed by atoms with E-state index in [0.717, 1.165) is 18.4 Å². The maximum Gasteiger partial charge on any atom is 0.320 e. The van der Waals surface area contributed by atoms with Gasteiger partial charge in [0.05, 0.1) is 20.3 Å². The number of fused-ring (bicyclic) bond motifs is 1. The average molecular weight is 435 g/mol. The Labute approximate surface area is 189 Å². The molecule has 0 amide bonds. The van der Waals surface area contributed by atoms with Gasteiger partial charge in [0, 0.05) is 44.3 Å². The second-order valence-corrected chi connectivity index (χ2v) is 8.51. The number of esters is 1. The molecule has 6 nitrogen and oxygen atoms in total. The molecular formula is C26H30N2O4. The number of nitrogens with zero attached hydrogens (tertiary/aromatic N) is 2. The molecule has 0 bridgehead atoms. The number of hydrogen-bond donors (Lipinski definition) is 0. The van der Waals surface area contributed by atoms with Gasteiger partial charge < -0.3 is 19.1 Å². The minimum atomic E-state index is -0.617. The number of rotatable bonds is 7. The van der Waals surface area contributed by atoms with E-state index in [9.17, 15) is 4.79 Å². The fraction of sp³-hybridized carbons (Fsp3) is 0.462. The smallest absolute Gasteiger partial charge is 0.320 e.